The second-order valence-corrected chi connectivity index (χ2v) is 5.95. The minimum Gasteiger partial charge on any atom is -0.488 e. The van der Waals surface area contributed by atoms with E-state index < -0.39 is 6.04 Å². The summed E-state index contributed by atoms with van der Waals surface area (Å²) in [6.07, 6.45) is 1.27. The molecule has 0 aromatic heterocycles. The highest BCUT2D eigenvalue weighted by Crippen LogP contribution is 2.18. The van der Waals surface area contributed by atoms with Crippen LogP contribution in [-0.4, -0.2) is 24.6 Å². The monoisotopic (exact) mass is 362 g/mol. The number of hydrogen-bond donors (Lipinski definition) is 2. The maximum atomic E-state index is 12.2. The van der Waals surface area contributed by atoms with Gasteiger partial charge in [0, 0.05) is 0 Å². The number of amides is 1. The predicted octanol–water partition coefficient (Wildman–Crippen LogP) is 3.26. The van der Waals surface area contributed by atoms with Crippen LogP contribution in [0.3, 0.4) is 0 Å². The Morgan fingerprint density at radius 2 is 1.76 bits per heavy atom. The number of hydrogen-bond acceptors (Lipinski definition) is 3. The molecule has 0 fully saturated rings. The Labute approximate surface area is 156 Å². The lowest BCUT2D eigenvalue weighted by atomic mass is 10.1. The fraction of sp³-hybridized carbons (Fsp3) is 0.350. The summed E-state index contributed by atoms with van der Waals surface area (Å²) in [5.74, 6) is 0.706. The fourth-order valence-electron chi connectivity index (χ4n) is 2.44. The van der Waals surface area contributed by atoms with E-state index in [0.29, 0.717) is 13.0 Å². The van der Waals surface area contributed by atoms with Gasteiger partial charge in [-0.2, -0.15) is 0 Å². The molecular weight excluding hydrogens is 336 g/mol. The van der Waals surface area contributed by atoms with Gasteiger partial charge in [0.2, 0.25) is 5.91 Å². The molecule has 0 radical (unpaired) electrons. The molecule has 5 heteroatoms. The van der Waals surface area contributed by atoms with Crippen LogP contribution < -0.4 is 15.8 Å². The lowest BCUT2D eigenvalue weighted by Crippen LogP contribution is -2.45. The summed E-state index contributed by atoms with van der Waals surface area (Å²) in [6.45, 7) is 4.50. The highest BCUT2D eigenvalue weighted by molar-refractivity contribution is 5.85. The molecule has 2 aromatic rings. The van der Waals surface area contributed by atoms with Crippen molar-refractivity contribution in [3.8, 4) is 5.75 Å². The van der Waals surface area contributed by atoms with E-state index >= 15 is 0 Å². The first-order chi connectivity index (χ1) is 11.6. The van der Waals surface area contributed by atoms with Gasteiger partial charge in [-0.25, -0.2) is 0 Å². The third-order valence-corrected chi connectivity index (χ3v) is 3.98. The highest BCUT2D eigenvalue weighted by Gasteiger charge is 2.16. The van der Waals surface area contributed by atoms with E-state index in [4.69, 9.17) is 10.5 Å². The Kier molecular flexibility index (Phi) is 9.03. The van der Waals surface area contributed by atoms with Gasteiger partial charge in [0.05, 0.1) is 12.6 Å². The number of halogens is 1. The van der Waals surface area contributed by atoms with Crippen molar-refractivity contribution in [1.82, 2.24) is 5.32 Å². The van der Waals surface area contributed by atoms with Gasteiger partial charge < -0.3 is 15.8 Å². The van der Waals surface area contributed by atoms with Crippen molar-refractivity contribution in [2.24, 2.45) is 5.73 Å². The van der Waals surface area contributed by atoms with Crippen LogP contribution >= 0.6 is 12.4 Å². The molecule has 0 aliphatic carbocycles. The summed E-state index contributed by atoms with van der Waals surface area (Å²) in [6, 6.07) is 17.1. The van der Waals surface area contributed by atoms with Crippen molar-refractivity contribution in [3.63, 3.8) is 0 Å². The maximum Gasteiger partial charge on any atom is 0.237 e. The standard InChI is InChI=1S/C20H26N2O2.ClH/c1-3-17(24-19-12-8-7-9-15(19)2)14-22-20(23)18(21)13-16-10-5-4-6-11-16;/h4-12,17-18H,3,13-14,21H2,1-2H3,(H,22,23);1H/t17?,18-;/m0./s1. The van der Waals surface area contributed by atoms with E-state index in [-0.39, 0.29) is 24.4 Å². The lowest BCUT2D eigenvalue weighted by molar-refractivity contribution is -0.122. The molecule has 1 unspecified atom stereocenters. The molecule has 136 valence electrons. The summed E-state index contributed by atoms with van der Waals surface area (Å²) >= 11 is 0. The number of para-hydroxylation sites is 1. The minimum absolute atomic E-state index is 0. The molecular formula is C20H27ClN2O2. The van der Waals surface area contributed by atoms with E-state index in [2.05, 4.69) is 5.32 Å². The zero-order valence-corrected chi connectivity index (χ0v) is 15.6. The Hall–Kier alpha value is -2.04. The molecule has 3 N–H and O–H groups in total. The zero-order valence-electron chi connectivity index (χ0n) is 14.8. The van der Waals surface area contributed by atoms with Gasteiger partial charge in [-0.15, -0.1) is 12.4 Å². The number of aryl methyl sites for hydroxylation is 1. The van der Waals surface area contributed by atoms with Crippen molar-refractivity contribution in [2.75, 3.05) is 6.54 Å². The molecule has 0 heterocycles. The first-order valence-electron chi connectivity index (χ1n) is 8.39. The molecule has 0 saturated heterocycles. The van der Waals surface area contributed by atoms with Crippen molar-refractivity contribution in [2.45, 2.75) is 38.8 Å². The molecule has 0 aliphatic heterocycles. The van der Waals surface area contributed by atoms with E-state index in [1.165, 1.54) is 0 Å². The second-order valence-electron chi connectivity index (χ2n) is 5.95. The largest absolute Gasteiger partial charge is 0.488 e. The molecule has 2 rings (SSSR count). The van der Waals surface area contributed by atoms with Crippen molar-refractivity contribution in [3.05, 3.63) is 65.7 Å². The molecule has 25 heavy (non-hydrogen) atoms. The molecule has 0 bridgehead atoms. The molecule has 2 atom stereocenters. The van der Waals surface area contributed by atoms with E-state index in [1.54, 1.807) is 0 Å². The van der Waals surface area contributed by atoms with Gasteiger partial charge in [-0.3, -0.25) is 4.79 Å². The minimum atomic E-state index is -0.552. The van der Waals surface area contributed by atoms with E-state index in [1.807, 2.05) is 68.4 Å². The van der Waals surface area contributed by atoms with Crippen LogP contribution in [0.2, 0.25) is 0 Å². The number of rotatable bonds is 8. The summed E-state index contributed by atoms with van der Waals surface area (Å²) in [7, 11) is 0. The summed E-state index contributed by atoms with van der Waals surface area (Å²) in [4.78, 5) is 12.2. The van der Waals surface area contributed by atoms with Crippen LogP contribution in [0, 0.1) is 6.92 Å². The molecule has 0 saturated carbocycles. The summed E-state index contributed by atoms with van der Waals surface area (Å²) in [5, 5.41) is 2.90. The Balaban J connectivity index is 0.00000312. The molecule has 1 amide bonds. The average molecular weight is 363 g/mol. The first-order valence-corrected chi connectivity index (χ1v) is 8.39. The Morgan fingerprint density at radius 3 is 2.40 bits per heavy atom. The van der Waals surface area contributed by atoms with Gasteiger partial charge in [0.25, 0.3) is 0 Å². The lowest BCUT2D eigenvalue weighted by Gasteiger charge is -2.20. The van der Waals surface area contributed by atoms with Crippen LogP contribution in [0.4, 0.5) is 0 Å². The normalized spacial score (nSPS) is 12.6. The third kappa shape index (κ3) is 6.77. The van der Waals surface area contributed by atoms with Crippen molar-refractivity contribution in [1.29, 1.82) is 0 Å². The number of nitrogens with two attached hydrogens (primary N) is 1. The Bertz CT molecular complexity index is 649. The van der Waals surface area contributed by atoms with Crippen LogP contribution in [0.15, 0.2) is 54.6 Å². The van der Waals surface area contributed by atoms with Gasteiger partial charge >= 0.3 is 0 Å². The molecule has 0 aliphatic rings. The van der Waals surface area contributed by atoms with E-state index in [0.717, 1.165) is 23.3 Å². The topological polar surface area (TPSA) is 64.4 Å². The van der Waals surface area contributed by atoms with Gasteiger partial charge in [-0.1, -0.05) is 55.5 Å². The number of nitrogens with one attached hydrogen (secondary N) is 1. The van der Waals surface area contributed by atoms with Gasteiger partial charge in [0.15, 0.2) is 0 Å². The molecule has 0 spiro atoms. The predicted molar refractivity (Wildman–Crippen MR) is 104 cm³/mol. The first kappa shape index (κ1) is 21.0. The number of benzene rings is 2. The average Bonchev–Trinajstić information content (AvgIpc) is 2.60. The number of carbonyl (C=O) groups is 1. The van der Waals surface area contributed by atoms with Crippen LogP contribution in [0.1, 0.15) is 24.5 Å². The quantitative estimate of drug-likeness (QED) is 0.757. The van der Waals surface area contributed by atoms with Gasteiger partial charge in [-0.05, 0) is 37.0 Å². The second kappa shape index (κ2) is 10.7. The van der Waals surface area contributed by atoms with Crippen molar-refractivity contribution >= 4 is 18.3 Å². The van der Waals surface area contributed by atoms with Crippen LogP contribution in [-0.2, 0) is 11.2 Å². The van der Waals surface area contributed by atoms with Gasteiger partial charge in [0.1, 0.15) is 11.9 Å². The van der Waals surface area contributed by atoms with Crippen LogP contribution in [0.5, 0.6) is 5.75 Å². The van der Waals surface area contributed by atoms with E-state index in [9.17, 15) is 4.79 Å². The fourth-order valence-corrected chi connectivity index (χ4v) is 2.44. The van der Waals surface area contributed by atoms with Crippen molar-refractivity contribution < 1.29 is 9.53 Å². The molecule has 2 aromatic carbocycles. The maximum absolute atomic E-state index is 12.2. The SMILES string of the molecule is CCC(CNC(=O)[C@@H](N)Cc1ccccc1)Oc1ccccc1C.Cl. The zero-order chi connectivity index (χ0) is 17.4. The smallest absolute Gasteiger partial charge is 0.237 e. The number of ether oxygens (including phenoxy) is 1. The Morgan fingerprint density at radius 1 is 1.12 bits per heavy atom. The third-order valence-electron chi connectivity index (χ3n) is 3.98. The highest BCUT2D eigenvalue weighted by atomic mass is 35.5. The summed E-state index contributed by atoms with van der Waals surface area (Å²) in [5.41, 5.74) is 8.15. The van der Waals surface area contributed by atoms with Crippen LogP contribution in [0.25, 0.3) is 0 Å². The summed E-state index contributed by atoms with van der Waals surface area (Å²) < 4.78 is 5.99. The number of carbonyl (C=O) groups excluding carboxylic acids is 1. The molecule has 4 nitrogen and oxygen atoms in total.